The van der Waals surface area contributed by atoms with Crippen molar-refractivity contribution in [3.05, 3.63) is 23.8 Å². The maximum atomic E-state index is 12.8. The predicted octanol–water partition coefficient (Wildman–Crippen LogP) is 2.50. The van der Waals surface area contributed by atoms with E-state index in [1.807, 2.05) is 25.1 Å². The number of carbonyl (C=O) groups excluding carboxylic acids is 2. The third-order valence-electron chi connectivity index (χ3n) is 4.96. The molecule has 1 aromatic carbocycles. The molecule has 0 aromatic heterocycles. The first kappa shape index (κ1) is 17.7. The Morgan fingerprint density at radius 1 is 1.24 bits per heavy atom. The normalized spacial score (nSPS) is 23.4. The van der Waals surface area contributed by atoms with E-state index in [1.165, 1.54) is 0 Å². The van der Waals surface area contributed by atoms with Crippen LogP contribution in [0.2, 0.25) is 0 Å². The number of likely N-dealkylation sites (tertiary alicyclic amines) is 1. The van der Waals surface area contributed by atoms with E-state index in [-0.39, 0.29) is 17.9 Å². The molecule has 2 amide bonds. The second-order valence-corrected chi connectivity index (χ2v) is 6.72. The molecule has 0 aliphatic carbocycles. The molecule has 2 atom stereocenters. The van der Waals surface area contributed by atoms with Crippen molar-refractivity contribution in [1.29, 1.82) is 0 Å². The van der Waals surface area contributed by atoms with Crippen molar-refractivity contribution >= 4 is 17.5 Å². The number of nitrogens with zero attached hydrogens (tertiary/aromatic N) is 1. The van der Waals surface area contributed by atoms with Gasteiger partial charge >= 0.3 is 0 Å². The monoisotopic (exact) mass is 346 g/mol. The summed E-state index contributed by atoms with van der Waals surface area (Å²) in [6.45, 7) is 3.19. The first-order valence-corrected chi connectivity index (χ1v) is 8.97. The van der Waals surface area contributed by atoms with Crippen LogP contribution in [0.4, 0.5) is 5.69 Å². The number of hydrogen-bond acceptors (Lipinski definition) is 4. The van der Waals surface area contributed by atoms with Crippen LogP contribution in [0.1, 0.15) is 37.7 Å². The number of amides is 2. The molecule has 25 heavy (non-hydrogen) atoms. The van der Waals surface area contributed by atoms with Gasteiger partial charge in [-0.3, -0.25) is 9.59 Å². The molecule has 6 heteroatoms. The van der Waals surface area contributed by atoms with E-state index in [1.54, 1.807) is 12.0 Å². The average Bonchev–Trinajstić information content (AvgIpc) is 3.16. The van der Waals surface area contributed by atoms with Gasteiger partial charge in [0, 0.05) is 18.8 Å². The standard InChI is InChI=1S/C19H26N2O4/c1-13-12-14(8-9-16(13)24-2)20-18(22)15-6-3-4-10-21(15)19(23)17-7-5-11-25-17/h8-9,12,15,17H,3-7,10-11H2,1-2H3,(H,20,22)/t15-,17+/m0/s1. The summed E-state index contributed by atoms with van der Waals surface area (Å²) < 4.78 is 10.8. The lowest BCUT2D eigenvalue weighted by atomic mass is 10.00. The molecule has 0 bridgehead atoms. The van der Waals surface area contributed by atoms with Crippen molar-refractivity contribution in [2.75, 3.05) is 25.6 Å². The Bertz CT molecular complexity index is 640. The third-order valence-corrected chi connectivity index (χ3v) is 4.96. The van der Waals surface area contributed by atoms with Crippen molar-refractivity contribution in [1.82, 2.24) is 4.90 Å². The first-order valence-electron chi connectivity index (χ1n) is 8.97. The van der Waals surface area contributed by atoms with Crippen LogP contribution in [-0.4, -0.2) is 49.1 Å². The fourth-order valence-corrected chi connectivity index (χ4v) is 3.61. The molecule has 0 radical (unpaired) electrons. The second kappa shape index (κ2) is 7.87. The molecule has 0 spiro atoms. The lowest BCUT2D eigenvalue weighted by Crippen LogP contribution is -2.52. The van der Waals surface area contributed by atoms with Crippen LogP contribution in [0.15, 0.2) is 18.2 Å². The molecule has 1 N–H and O–H groups in total. The van der Waals surface area contributed by atoms with Gasteiger partial charge in [-0.15, -0.1) is 0 Å². The number of rotatable bonds is 4. The van der Waals surface area contributed by atoms with Crippen molar-refractivity contribution in [3.63, 3.8) is 0 Å². The summed E-state index contributed by atoms with van der Waals surface area (Å²) in [5, 5.41) is 2.95. The van der Waals surface area contributed by atoms with E-state index in [4.69, 9.17) is 9.47 Å². The topological polar surface area (TPSA) is 67.9 Å². The zero-order valence-electron chi connectivity index (χ0n) is 14.9. The van der Waals surface area contributed by atoms with E-state index >= 15 is 0 Å². The molecule has 2 aliphatic rings. The highest BCUT2D eigenvalue weighted by atomic mass is 16.5. The summed E-state index contributed by atoms with van der Waals surface area (Å²) in [4.78, 5) is 27.2. The maximum absolute atomic E-state index is 12.8. The van der Waals surface area contributed by atoms with Gasteiger partial charge in [0.2, 0.25) is 5.91 Å². The van der Waals surface area contributed by atoms with E-state index in [2.05, 4.69) is 5.32 Å². The molecule has 0 unspecified atom stereocenters. The Balaban J connectivity index is 1.70. The van der Waals surface area contributed by atoms with Gasteiger partial charge in [0.1, 0.15) is 17.9 Å². The number of nitrogens with one attached hydrogen (secondary N) is 1. The van der Waals surface area contributed by atoms with Gasteiger partial charge in [-0.25, -0.2) is 0 Å². The molecule has 0 saturated carbocycles. The van der Waals surface area contributed by atoms with E-state index in [9.17, 15) is 9.59 Å². The third kappa shape index (κ3) is 3.95. The number of ether oxygens (including phenoxy) is 2. The highest BCUT2D eigenvalue weighted by molar-refractivity contribution is 5.98. The summed E-state index contributed by atoms with van der Waals surface area (Å²) in [5.41, 5.74) is 1.68. The zero-order chi connectivity index (χ0) is 17.8. The number of carbonyl (C=O) groups is 2. The Labute approximate surface area is 148 Å². The number of benzene rings is 1. The summed E-state index contributed by atoms with van der Waals surface area (Å²) in [6, 6.07) is 5.11. The van der Waals surface area contributed by atoms with Gasteiger partial charge in [-0.1, -0.05) is 0 Å². The minimum atomic E-state index is -0.423. The Kier molecular flexibility index (Phi) is 5.58. The Hall–Kier alpha value is -2.08. The summed E-state index contributed by atoms with van der Waals surface area (Å²) in [6.07, 6.45) is 3.86. The second-order valence-electron chi connectivity index (χ2n) is 6.72. The fourth-order valence-electron chi connectivity index (χ4n) is 3.61. The highest BCUT2D eigenvalue weighted by Gasteiger charge is 2.37. The lowest BCUT2D eigenvalue weighted by Gasteiger charge is -2.36. The summed E-state index contributed by atoms with van der Waals surface area (Å²) in [7, 11) is 1.62. The van der Waals surface area contributed by atoms with Crippen LogP contribution in [0, 0.1) is 6.92 Å². The van der Waals surface area contributed by atoms with Crippen molar-refractivity contribution in [2.45, 2.75) is 51.2 Å². The number of aryl methyl sites for hydroxylation is 1. The molecule has 2 heterocycles. The van der Waals surface area contributed by atoms with Gasteiger partial charge in [0.15, 0.2) is 0 Å². The number of piperidine rings is 1. The van der Waals surface area contributed by atoms with Gasteiger partial charge in [-0.05, 0) is 62.8 Å². The van der Waals surface area contributed by atoms with E-state index in [0.29, 0.717) is 19.6 Å². The van der Waals surface area contributed by atoms with Gasteiger partial charge in [0.25, 0.3) is 5.91 Å². The molecular weight excluding hydrogens is 320 g/mol. The molecular formula is C19H26N2O4. The predicted molar refractivity (Wildman–Crippen MR) is 94.7 cm³/mol. The van der Waals surface area contributed by atoms with Gasteiger partial charge < -0.3 is 19.7 Å². The van der Waals surface area contributed by atoms with Crippen LogP contribution in [-0.2, 0) is 14.3 Å². The van der Waals surface area contributed by atoms with Gasteiger partial charge in [-0.2, -0.15) is 0 Å². The average molecular weight is 346 g/mol. The molecule has 6 nitrogen and oxygen atoms in total. The van der Waals surface area contributed by atoms with Gasteiger partial charge in [0.05, 0.1) is 7.11 Å². The molecule has 1 aromatic rings. The number of hydrogen-bond donors (Lipinski definition) is 1. The minimum Gasteiger partial charge on any atom is -0.496 e. The minimum absolute atomic E-state index is 0.0386. The van der Waals surface area contributed by atoms with Crippen molar-refractivity contribution < 1.29 is 19.1 Å². The molecule has 136 valence electrons. The van der Waals surface area contributed by atoms with Crippen LogP contribution < -0.4 is 10.1 Å². The molecule has 2 saturated heterocycles. The maximum Gasteiger partial charge on any atom is 0.252 e. The van der Waals surface area contributed by atoms with E-state index in [0.717, 1.165) is 42.7 Å². The van der Waals surface area contributed by atoms with Crippen molar-refractivity contribution in [3.8, 4) is 5.75 Å². The Morgan fingerprint density at radius 3 is 2.76 bits per heavy atom. The van der Waals surface area contributed by atoms with Crippen molar-refractivity contribution in [2.24, 2.45) is 0 Å². The Morgan fingerprint density at radius 2 is 2.08 bits per heavy atom. The highest BCUT2D eigenvalue weighted by Crippen LogP contribution is 2.25. The lowest BCUT2D eigenvalue weighted by molar-refractivity contribution is -0.148. The smallest absolute Gasteiger partial charge is 0.252 e. The van der Waals surface area contributed by atoms with Crippen LogP contribution in [0.5, 0.6) is 5.75 Å². The zero-order valence-corrected chi connectivity index (χ0v) is 14.9. The molecule has 2 aliphatic heterocycles. The SMILES string of the molecule is COc1ccc(NC(=O)[C@@H]2CCCCN2C(=O)[C@H]2CCCO2)cc1C. The van der Waals surface area contributed by atoms with Crippen LogP contribution in [0.3, 0.4) is 0 Å². The first-order chi connectivity index (χ1) is 12.1. The molecule has 2 fully saturated rings. The molecule has 3 rings (SSSR count). The number of anilines is 1. The van der Waals surface area contributed by atoms with E-state index < -0.39 is 6.04 Å². The quantitative estimate of drug-likeness (QED) is 0.909. The van der Waals surface area contributed by atoms with Crippen LogP contribution >= 0.6 is 0 Å². The largest absolute Gasteiger partial charge is 0.496 e. The fraction of sp³-hybridized carbons (Fsp3) is 0.579. The number of methoxy groups -OCH3 is 1. The van der Waals surface area contributed by atoms with Crippen LogP contribution in [0.25, 0.3) is 0 Å². The summed E-state index contributed by atoms with van der Waals surface area (Å²) in [5.74, 6) is 0.615. The summed E-state index contributed by atoms with van der Waals surface area (Å²) >= 11 is 0.